The summed E-state index contributed by atoms with van der Waals surface area (Å²) in [6.45, 7) is -0.482. The molecule has 7 heteroatoms. The fourth-order valence-corrected chi connectivity index (χ4v) is 1.80. The maximum atomic E-state index is 10.5. The summed E-state index contributed by atoms with van der Waals surface area (Å²) < 4.78 is 10.5. The summed E-state index contributed by atoms with van der Waals surface area (Å²) in [5, 5.41) is 26.7. The number of hydrogen-bond acceptors (Lipinski definition) is 4. The van der Waals surface area contributed by atoms with Crippen LogP contribution < -0.4 is 0 Å². The topological polar surface area (TPSA) is 118 Å². The molecule has 2 atom stereocenters. The van der Waals surface area contributed by atoms with Crippen molar-refractivity contribution >= 4 is 7.60 Å². The summed E-state index contributed by atoms with van der Waals surface area (Å²) in [4.78, 5) is 17.1. The second-order valence-electron chi connectivity index (χ2n) is 3.55. The molecule has 6 nitrogen and oxygen atoms in total. The quantitative estimate of drug-likeness (QED) is 0.287. The normalized spacial score (nSPS) is 16.3. The van der Waals surface area contributed by atoms with Gasteiger partial charge >= 0.3 is 7.60 Å². The number of rotatable bonds is 8. The van der Waals surface area contributed by atoms with Crippen LogP contribution in [0.3, 0.4) is 0 Å². The summed E-state index contributed by atoms with van der Waals surface area (Å²) >= 11 is 0. The molecule has 2 unspecified atom stereocenters. The minimum Gasteiger partial charge on any atom is -0.394 e. The highest BCUT2D eigenvalue weighted by molar-refractivity contribution is 7.51. The minimum absolute atomic E-state index is 0.147. The first-order chi connectivity index (χ1) is 6.87. The van der Waals surface area contributed by atoms with E-state index in [0.717, 1.165) is 0 Å². The number of hydrogen-bond donors (Lipinski definition) is 5. The minimum atomic E-state index is -3.91. The molecule has 0 aromatic rings. The predicted octanol–water partition coefficient (Wildman–Crippen LogP) is -0.561. The molecule has 0 bridgehead atoms. The Hall–Kier alpha value is 0.0300. The van der Waals surface area contributed by atoms with Gasteiger partial charge in [-0.15, -0.1) is 0 Å². The first-order valence-electron chi connectivity index (χ1n) is 4.88. The van der Waals surface area contributed by atoms with Crippen molar-refractivity contribution in [3.63, 3.8) is 0 Å². The Labute approximate surface area is 88.7 Å². The van der Waals surface area contributed by atoms with Crippen molar-refractivity contribution in [2.24, 2.45) is 0 Å². The number of aliphatic hydroxyl groups excluding tert-OH is 3. The van der Waals surface area contributed by atoms with Gasteiger partial charge in [-0.1, -0.05) is 12.8 Å². The summed E-state index contributed by atoms with van der Waals surface area (Å²) in [7, 11) is -3.91. The predicted molar refractivity (Wildman–Crippen MR) is 54.5 cm³/mol. The summed E-state index contributed by atoms with van der Waals surface area (Å²) in [6.07, 6.45) is -0.379. The molecule has 5 N–H and O–H groups in total. The molecule has 15 heavy (non-hydrogen) atoms. The smallest absolute Gasteiger partial charge is 0.325 e. The maximum absolute atomic E-state index is 10.5. The van der Waals surface area contributed by atoms with Crippen LogP contribution in [0.1, 0.15) is 25.7 Å². The lowest BCUT2D eigenvalue weighted by Gasteiger charge is -2.14. The van der Waals surface area contributed by atoms with E-state index in [2.05, 4.69) is 0 Å². The van der Waals surface area contributed by atoms with Crippen molar-refractivity contribution in [2.75, 3.05) is 12.8 Å². The molecule has 0 aliphatic rings. The average Bonchev–Trinajstić information content (AvgIpc) is 2.14. The van der Waals surface area contributed by atoms with Crippen molar-refractivity contribution < 1.29 is 29.7 Å². The number of unbranched alkanes of at least 4 members (excludes halogenated alkanes) is 2. The zero-order chi connectivity index (χ0) is 11.9. The van der Waals surface area contributed by atoms with E-state index in [1.54, 1.807) is 0 Å². The zero-order valence-electron chi connectivity index (χ0n) is 8.49. The van der Waals surface area contributed by atoms with Gasteiger partial charge in [0.15, 0.2) is 0 Å². The largest absolute Gasteiger partial charge is 0.394 e. The van der Waals surface area contributed by atoms with Crippen molar-refractivity contribution in [1.82, 2.24) is 0 Å². The van der Waals surface area contributed by atoms with Crippen LogP contribution in [0.15, 0.2) is 0 Å². The van der Waals surface area contributed by atoms with Crippen LogP contribution in [-0.4, -0.2) is 50.1 Å². The van der Waals surface area contributed by atoms with Crippen molar-refractivity contribution in [2.45, 2.75) is 37.9 Å². The highest BCUT2D eigenvalue weighted by Crippen LogP contribution is 2.35. The monoisotopic (exact) mass is 242 g/mol. The fourth-order valence-electron chi connectivity index (χ4n) is 1.16. The Bertz CT molecular complexity index is 203. The average molecular weight is 242 g/mol. The molecule has 0 aromatic heterocycles. The molecule has 0 spiro atoms. The molecule has 92 valence electrons. The van der Waals surface area contributed by atoms with Crippen LogP contribution in [0, 0.1) is 0 Å². The van der Waals surface area contributed by atoms with E-state index >= 15 is 0 Å². The SMILES string of the molecule is O=P(O)(O)CCCCCC(O)C(O)CO. The van der Waals surface area contributed by atoms with Gasteiger partial charge in [-0.05, 0) is 12.8 Å². The molecule has 0 radical (unpaired) electrons. The third kappa shape index (κ3) is 8.99. The van der Waals surface area contributed by atoms with E-state index < -0.39 is 26.4 Å². The van der Waals surface area contributed by atoms with E-state index in [-0.39, 0.29) is 6.16 Å². The van der Waals surface area contributed by atoms with Crippen LogP contribution in [-0.2, 0) is 4.57 Å². The lowest BCUT2D eigenvalue weighted by atomic mass is 10.1. The fraction of sp³-hybridized carbons (Fsp3) is 1.00. The van der Waals surface area contributed by atoms with E-state index in [1.807, 2.05) is 0 Å². The summed E-state index contributed by atoms with van der Waals surface area (Å²) in [5.41, 5.74) is 0. The number of aliphatic hydroxyl groups is 3. The zero-order valence-corrected chi connectivity index (χ0v) is 9.38. The van der Waals surface area contributed by atoms with Gasteiger partial charge in [-0.3, -0.25) is 4.57 Å². The van der Waals surface area contributed by atoms with Gasteiger partial charge in [0.2, 0.25) is 0 Å². The van der Waals surface area contributed by atoms with Crippen molar-refractivity contribution in [3.05, 3.63) is 0 Å². The Morgan fingerprint density at radius 2 is 1.60 bits per heavy atom. The standard InChI is InChI=1S/C8H19O6P/c9-6-8(11)7(10)4-2-1-3-5-15(12,13)14/h7-11H,1-6H2,(H2,12,13,14). The first-order valence-corrected chi connectivity index (χ1v) is 6.68. The Morgan fingerprint density at radius 1 is 1.00 bits per heavy atom. The Balaban J connectivity index is 3.43. The van der Waals surface area contributed by atoms with Crippen LogP contribution >= 0.6 is 7.60 Å². The maximum Gasteiger partial charge on any atom is 0.325 e. The molecular weight excluding hydrogens is 223 g/mol. The van der Waals surface area contributed by atoms with Crippen molar-refractivity contribution in [3.8, 4) is 0 Å². The van der Waals surface area contributed by atoms with Gasteiger partial charge in [0.05, 0.1) is 12.7 Å². The summed E-state index contributed by atoms with van der Waals surface area (Å²) in [5.74, 6) is 0. The third-order valence-electron chi connectivity index (χ3n) is 2.08. The second-order valence-corrected chi connectivity index (χ2v) is 5.33. The molecule has 0 amide bonds. The molecule has 0 saturated carbocycles. The molecule has 0 aliphatic heterocycles. The van der Waals surface area contributed by atoms with Gasteiger partial charge in [0.25, 0.3) is 0 Å². The van der Waals surface area contributed by atoms with E-state index in [4.69, 9.17) is 20.0 Å². The van der Waals surface area contributed by atoms with Gasteiger partial charge in [0, 0.05) is 6.16 Å². The third-order valence-corrected chi connectivity index (χ3v) is 2.98. The lowest BCUT2D eigenvalue weighted by molar-refractivity contribution is -0.0185. The van der Waals surface area contributed by atoms with Crippen LogP contribution in [0.25, 0.3) is 0 Å². The van der Waals surface area contributed by atoms with Gasteiger partial charge in [0.1, 0.15) is 6.10 Å². The van der Waals surface area contributed by atoms with E-state index in [1.165, 1.54) is 0 Å². The molecule has 0 aliphatic carbocycles. The molecule has 0 fully saturated rings. The Morgan fingerprint density at radius 3 is 2.07 bits per heavy atom. The van der Waals surface area contributed by atoms with Crippen molar-refractivity contribution in [1.29, 1.82) is 0 Å². The molecular formula is C8H19O6P. The van der Waals surface area contributed by atoms with Crippen LogP contribution in [0.2, 0.25) is 0 Å². The van der Waals surface area contributed by atoms with Gasteiger partial charge in [-0.2, -0.15) is 0 Å². The second kappa shape index (κ2) is 7.33. The van der Waals surface area contributed by atoms with Crippen LogP contribution in [0.5, 0.6) is 0 Å². The summed E-state index contributed by atoms with van der Waals surface area (Å²) in [6, 6.07) is 0. The van der Waals surface area contributed by atoms with Crippen LogP contribution in [0.4, 0.5) is 0 Å². The lowest BCUT2D eigenvalue weighted by Crippen LogP contribution is -2.29. The van der Waals surface area contributed by atoms with E-state index in [0.29, 0.717) is 25.7 Å². The molecule has 0 heterocycles. The van der Waals surface area contributed by atoms with E-state index in [9.17, 15) is 9.67 Å². The molecule has 0 aromatic carbocycles. The van der Waals surface area contributed by atoms with Gasteiger partial charge in [-0.25, -0.2) is 0 Å². The Kier molecular flexibility index (Phi) is 7.34. The first kappa shape index (κ1) is 15.0. The van der Waals surface area contributed by atoms with Gasteiger partial charge < -0.3 is 25.1 Å². The highest BCUT2D eigenvalue weighted by Gasteiger charge is 2.15. The highest BCUT2D eigenvalue weighted by atomic mass is 31.2. The molecule has 0 rings (SSSR count). The molecule has 0 saturated heterocycles.